The monoisotopic (exact) mass is 447 g/mol. The number of benzene rings is 4. The van der Waals surface area contributed by atoms with Gasteiger partial charge in [-0.3, -0.25) is 0 Å². The molecule has 0 spiro atoms. The molecule has 0 heterocycles. The first-order valence-electron chi connectivity index (χ1n) is 11.3. The third-order valence-electron chi connectivity index (χ3n) is 5.54. The molecule has 1 atom stereocenters. The molecule has 0 amide bonds. The lowest BCUT2D eigenvalue weighted by atomic mass is 10.1. The molecule has 0 saturated carbocycles. The smallest absolute Gasteiger partial charge is 0.216 e. The van der Waals surface area contributed by atoms with E-state index in [0.717, 1.165) is 28.2 Å². The van der Waals surface area contributed by atoms with Gasteiger partial charge in [0.15, 0.2) is 0 Å². The van der Waals surface area contributed by atoms with Gasteiger partial charge in [-0.25, -0.2) is 0 Å². The van der Waals surface area contributed by atoms with Crippen molar-refractivity contribution >= 4 is 29.2 Å². The molecule has 0 saturated heterocycles. The average Bonchev–Trinajstić information content (AvgIpc) is 2.87. The molecule has 1 unspecified atom stereocenters. The van der Waals surface area contributed by atoms with E-state index in [1.54, 1.807) is 0 Å². The minimum atomic E-state index is -1.00. The van der Waals surface area contributed by atoms with Crippen LogP contribution in [-0.4, -0.2) is 11.4 Å². The maximum absolute atomic E-state index is 9.51. The number of aryl methyl sites for hydroxylation is 2. The quantitative estimate of drug-likeness (QED) is 0.170. The van der Waals surface area contributed by atoms with Gasteiger partial charge >= 0.3 is 0 Å². The highest BCUT2D eigenvalue weighted by Gasteiger charge is 2.12. The summed E-state index contributed by atoms with van der Waals surface area (Å²) in [6, 6.07) is 33.3. The summed E-state index contributed by atoms with van der Waals surface area (Å²) in [6.07, 6.45) is 4.48. The Labute approximate surface area is 201 Å². The standard InChI is InChI=1S/C31H29NO2/c1-4-31(33)34-30-21-13-26(14-22-30)10-9-25-11-19-29(20-12-25)32(27-15-5-23(2)6-16-27)28-17-7-24(3)8-18-28/h4-22,31,33H,1H2,2-3H3. The number of aliphatic hydroxyl groups excluding tert-OH is 1. The van der Waals surface area contributed by atoms with Crippen LogP contribution in [-0.2, 0) is 0 Å². The summed E-state index contributed by atoms with van der Waals surface area (Å²) in [7, 11) is 0. The molecule has 3 heteroatoms. The molecule has 1 N–H and O–H groups in total. The van der Waals surface area contributed by atoms with Crippen LogP contribution in [0.4, 0.5) is 17.1 Å². The second-order valence-corrected chi connectivity index (χ2v) is 8.24. The topological polar surface area (TPSA) is 32.7 Å². The van der Waals surface area contributed by atoms with E-state index in [9.17, 15) is 5.11 Å². The van der Waals surface area contributed by atoms with E-state index in [1.165, 1.54) is 17.2 Å². The Balaban J connectivity index is 1.54. The lowest BCUT2D eigenvalue weighted by molar-refractivity contribution is 0.0251. The minimum Gasteiger partial charge on any atom is -0.461 e. The lowest BCUT2D eigenvalue weighted by Gasteiger charge is -2.25. The third-order valence-corrected chi connectivity index (χ3v) is 5.54. The molecule has 0 bridgehead atoms. The zero-order valence-electron chi connectivity index (χ0n) is 19.6. The summed E-state index contributed by atoms with van der Waals surface area (Å²) < 4.78 is 5.31. The van der Waals surface area contributed by atoms with Crippen LogP contribution < -0.4 is 9.64 Å². The second kappa shape index (κ2) is 10.7. The maximum atomic E-state index is 9.51. The number of hydrogen-bond donors (Lipinski definition) is 1. The molecule has 4 aromatic carbocycles. The van der Waals surface area contributed by atoms with Gasteiger partial charge in [0.1, 0.15) is 5.75 Å². The molecule has 0 fully saturated rings. The molecule has 0 aliphatic carbocycles. The van der Waals surface area contributed by atoms with E-state index in [1.807, 2.05) is 24.3 Å². The fraction of sp³-hybridized carbons (Fsp3) is 0.0968. The van der Waals surface area contributed by atoms with Gasteiger partial charge in [0.05, 0.1) is 0 Å². The van der Waals surface area contributed by atoms with Crippen molar-refractivity contribution in [2.24, 2.45) is 0 Å². The fourth-order valence-electron chi connectivity index (χ4n) is 3.61. The molecular formula is C31H29NO2. The van der Waals surface area contributed by atoms with Gasteiger partial charge in [0.25, 0.3) is 0 Å². The van der Waals surface area contributed by atoms with Crippen molar-refractivity contribution in [3.8, 4) is 5.75 Å². The van der Waals surface area contributed by atoms with Gasteiger partial charge in [0.2, 0.25) is 6.29 Å². The van der Waals surface area contributed by atoms with Gasteiger partial charge in [0, 0.05) is 17.1 Å². The van der Waals surface area contributed by atoms with Gasteiger partial charge in [-0.1, -0.05) is 78.4 Å². The highest BCUT2D eigenvalue weighted by Crippen LogP contribution is 2.34. The maximum Gasteiger partial charge on any atom is 0.216 e. The normalized spacial score (nSPS) is 11.9. The summed E-state index contributed by atoms with van der Waals surface area (Å²) >= 11 is 0. The Hall–Kier alpha value is -4.08. The Morgan fingerprint density at radius 2 is 1.03 bits per heavy atom. The number of anilines is 3. The molecule has 170 valence electrons. The van der Waals surface area contributed by atoms with Crippen LogP contribution in [0.25, 0.3) is 12.2 Å². The molecule has 0 aliphatic heterocycles. The van der Waals surface area contributed by atoms with Crippen LogP contribution in [0.15, 0.2) is 110 Å². The van der Waals surface area contributed by atoms with Crippen LogP contribution in [0.3, 0.4) is 0 Å². The minimum absolute atomic E-state index is 0.598. The lowest BCUT2D eigenvalue weighted by Crippen LogP contribution is -2.10. The molecule has 0 radical (unpaired) electrons. The zero-order valence-corrected chi connectivity index (χ0v) is 19.6. The molecule has 0 aliphatic rings. The van der Waals surface area contributed by atoms with E-state index in [4.69, 9.17) is 4.74 Å². The number of nitrogens with zero attached hydrogens (tertiary/aromatic N) is 1. The molecular weight excluding hydrogens is 418 g/mol. The van der Waals surface area contributed by atoms with E-state index >= 15 is 0 Å². The summed E-state index contributed by atoms with van der Waals surface area (Å²) in [5, 5.41) is 9.51. The Bertz CT molecular complexity index is 1190. The van der Waals surface area contributed by atoms with Crippen LogP contribution in [0.2, 0.25) is 0 Å². The van der Waals surface area contributed by atoms with E-state index in [-0.39, 0.29) is 0 Å². The Morgan fingerprint density at radius 1 is 0.647 bits per heavy atom. The van der Waals surface area contributed by atoms with Crippen molar-refractivity contribution in [3.05, 3.63) is 132 Å². The fourth-order valence-corrected chi connectivity index (χ4v) is 3.61. The van der Waals surface area contributed by atoms with E-state index in [0.29, 0.717) is 5.75 Å². The Morgan fingerprint density at radius 3 is 1.44 bits per heavy atom. The largest absolute Gasteiger partial charge is 0.461 e. The predicted octanol–water partition coefficient (Wildman–Crippen LogP) is 7.83. The van der Waals surface area contributed by atoms with Gasteiger partial charge in [-0.15, -0.1) is 0 Å². The predicted molar refractivity (Wildman–Crippen MR) is 143 cm³/mol. The number of aliphatic hydroxyl groups is 1. The van der Waals surface area contributed by atoms with Crippen molar-refractivity contribution in [2.75, 3.05) is 4.90 Å². The summed E-state index contributed by atoms with van der Waals surface area (Å²) in [6.45, 7) is 7.71. The Kier molecular flexibility index (Phi) is 7.26. The van der Waals surface area contributed by atoms with Crippen molar-refractivity contribution in [2.45, 2.75) is 20.1 Å². The van der Waals surface area contributed by atoms with Crippen LogP contribution in [0, 0.1) is 13.8 Å². The average molecular weight is 448 g/mol. The number of rotatable bonds is 8. The molecule has 4 rings (SSSR count). The number of hydrogen-bond acceptors (Lipinski definition) is 3. The molecule has 0 aromatic heterocycles. The van der Waals surface area contributed by atoms with Crippen LogP contribution in [0.1, 0.15) is 22.3 Å². The van der Waals surface area contributed by atoms with Crippen molar-refractivity contribution < 1.29 is 9.84 Å². The highest BCUT2D eigenvalue weighted by atomic mass is 16.6. The van der Waals surface area contributed by atoms with Crippen molar-refractivity contribution in [1.82, 2.24) is 0 Å². The first-order valence-corrected chi connectivity index (χ1v) is 11.3. The molecule has 3 nitrogen and oxygen atoms in total. The summed E-state index contributed by atoms with van der Waals surface area (Å²) in [5.74, 6) is 0.598. The van der Waals surface area contributed by atoms with Gasteiger partial charge in [-0.05, 0) is 79.6 Å². The highest BCUT2D eigenvalue weighted by molar-refractivity contribution is 5.78. The zero-order chi connectivity index (χ0) is 23.9. The second-order valence-electron chi connectivity index (χ2n) is 8.24. The summed E-state index contributed by atoms with van der Waals surface area (Å²) in [5.41, 5.74) is 7.99. The summed E-state index contributed by atoms with van der Waals surface area (Å²) in [4.78, 5) is 2.27. The molecule has 4 aromatic rings. The third kappa shape index (κ3) is 5.83. The van der Waals surface area contributed by atoms with E-state index < -0.39 is 6.29 Å². The first-order chi connectivity index (χ1) is 16.5. The van der Waals surface area contributed by atoms with Crippen LogP contribution >= 0.6 is 0 Å². The van der Waals surface area contributed by atoms with E-state index in [2.05, 4.69) is 110 Å². The SMILES string of the molecule is C=CC(O)Oc1ccc(C=Cc2ccc(N(c3ccc(C)cc3)c3ccc(C)cc3)cc2)cc1. The number of ether oxygens (including phenoxy) is 1. The van der Waals surface area contributed by atoms with Crippen molar-refractivity contribution in [3.63, 3.8) is 0 Å². The van der Waals surface area contributed by atoms with Crippen molar-refractivity contribution in [1.29, 1.82) is 0 Å². The van der Waals surface area contributed by atoms with Crippen LogP contribution in [0.5, 0.6) is 5.75 Å². The van der Waals surface area contributed by atoms with Gasteiger partial charge in [-0.2, -0.15) is 0 Å². The first kappa shape index (κ1) is 23.1. The molecule has 34 heavy (non-hydrogen) atoms. The van der Waals surface area contributed by atoms with Gasteiger partial charge < -0.3 is 14.7 Å².